The van der Waals surface area contributed by atoms with E-state index in [1.165, 1.54) is 14.2 Å². The molecule has 0 aliphatic carbocycles. The molecule has 8 heteroatoms. The maximum Gasteiger partial charge on any atom is 0.256 e. The molecular weight excluding hydrogens is 372 g/mol. The first kappa shape index (κ1) is 18.7. The number of aromatic nitrogens is 3. The van der Waals surface area contributed by atoms with Gasteiger partial charge in [-0.2, -0.15) is 4.98 Å². The Kier molecular flexibility index (Phi) is 5.24. The quantitative estimate of drug-likeness (QED) is 0.688. The molecule has 29 heavy (non-hydrogen) atoms. The van der Waals surface area contributed by atoms with E-state index in [2.05, 4.69) is 20.3 Å². The number of rotatable bonds is 6. The van der Waals surface area contributed by atoms with Crippen molar-refractivity contribution in [2.45, 2.75) is 12.5 Å². The van der Waals surface area contributed by atoms with Gasteiger partial charge in [-0.25, -0.2) is 9.97 Å². The molecule has 8 nitrogen and oxygen atoms in total. The fraction of sp³-hybridized carbons (Fsp3) is 0.238. The predicted octanol–water partition coefficient (Wildman–Crippen LogP) is 2.29. The van der Waals surface area contributed by atoms with E-state index in [4.69, 9.17) is 14.2 Å². The molecule has 1 aliphatic heterocycles. The van der Waals surface area contributed by atoms with E-state index >= 15 is 0 Å². The number of nitrogens with one attached hydrogen (secondary N) is 1. The number of benzene rings is 1. The normalized spacial score (nSPS) is 14.6. The van der Waals surface area contributed by atoms with Crippen LogP contribution in [0.15, 0.2) is 48.8 Å². The summed E-state index contributed by atoms with van der Waals surface area (Å²) in [4.78, 5) is 25.3. The molecule has 1 unspecified atom stereocenters. The maximum atomic E-state index is 12.6. The van der Waals surface area contributed by atoms with Crippen molar-refractivity contribution < 1.29 is 19.0 Å². The van der Waals surface area contributed by atoms with Crippen molar-refractivity contribution in [1.82, 2.24) is 20.3 Å². The highest BCUT2D eigenvalue weighted by Gasteiger charge is 2.27. The van der Waals surface area contributed by atoms with Gasteiger partial charge in [-0.05, 0) is 23.8 Å². The van der Waals surface area contributed by atoms with Gasteiger partial charge in [0.25, 0.3) is 5.91 Å². The summed E-state index contributed by atoms with van der Waals surface area (Å²) in [6, 6.07) is 10.9. The molecule has 3 heterocycles. The fourth-order valence-corrected chi connectivity index (χ4v) is 3.23. The van der Waals surface area contributed by atoms with Crippen molar-refractivity contribution >= 4 is 5.91 Å². The van der Waals surface area contributed by atoms with Gasteiger partial charge >= 0.3 is 0 Å². The lowest BCUT2D eigenvalue weighted by Gasteiger charge is -2.14. The average Bonchev–Trinajstić information content (AvgIpc) is 3.20. The second-order valence-corrected chi connectivity index (χ2v) is 6.43. The Morgan fingerprint density at radius 1 is 1.14 bits per heavy atom. The Morgan fingerprint density at radius 2 is 1.97 bits per heavy atom. The molecule has 4 rings (SSSR count). The highest BCUT2D eigenvalue weighted by Crippen LogP contribution is 2.37. The van der Waals surface area contributed by atoms with Crippen LogP contribution >= 0.6 is 0 Å². The van der Waals surface area contributed by atoms with Crippen LogP contribution in [0.25, 0.3) is 11.4 Å². The van der Waals surface area contributed by atoms with Gasteiger partial charge < -0.3 is 19.5 Å². The van der Waals surface area contributed by atoms with Gasteiger partial charge in [0.05, 0.1) is 26.3 Å². The number of fused-ring (bicyclic) bond motifs is 1. The second-order valence-electron chi connectivity index (χ2n) is 6.43. The van der Waals surface area contributed by atoms with Crippen LogP contribution in [-0.2, 0) is 6.42 Å². The zero-order chi connectivity index (χ0) is 20.2. The van der Waals surface area contributed by atoms with Crippen molar-refractivity contribution in [3.8, 4) is 28.9 Å². The summed E-state index contributed by atoms with van der Waals surface area (Å²) in [5, 5.41) is 2.89. The van der Waals surface area contributed by atoms with Crippen molar-refractivity contribution in [3.63, 3.8) is 0 Å². The number of para-hydroxylation sites is 1. The van der Waals surface area contributed by atoms with Gasteiger partial charge in [-0.1, -0.05) is 12.1 Å². The third-order valence-electron chi connectivity index (χ3n) is 4.61. The second kappa shape index (κ2) is 8.14. The molecule has 1 atom stereocenters. The number of hydrogen-bond acceptors (Lipinski definition) is 7. The Morgan fingerprint density at radius 3 is 2.72 bits per heavy atom. The fourth-order valence-electron chi connectivity index (χ4n) is 3.23. The lowest BCUT2D eigenvalue weighted by molar-refractivity contribution is 0.0929. The van der Waals surface area contributed by atoms with Crippen LogP contribution in [0.2, 0.25) is 0 Å². The molecular formula is C21H20N4O4. The van der Waals surface area contributed by atoms with E-state index in [1.54, 1.807) is 30.6 Å². The number of amides is 1. The van der Waals surface area contributed by atoms with Gasteiger partial charge in [0.1, 0.15) is 17.4 Å². The molecule has 0 radical (unpaired) electrons. The standard InChI is InChI=1S/C21H20N4O4/c1-27-17-8-7-16(21(25-17)28-2)20(26)24-12-14-11-13-5-3-6-15(18(13)29-14)19-22-9-4-10-23-19/h3-10,14H,11-12H2,1-2H3,(H,24,26). The first-order valence-electron chi connectivity index (χ1n) is 9.12. The number of nitrogens with zero attached hydrogens (tertiary/aromatic N) is 3. The third-order valence-corrected chi connectivity index (χ3v) is 4.61. The van der Waals surface area contributed by atoms with Crippen LogP contribution in [0, 0.1) is 0 Å². The first-order valence-corrected chi connectivity index (χ1v) is 9.12. The van der Waals surface area contributed by atoms with Crippen LogP contribution < -0.4 is 19.5 Å². The Labute approximate surface area is 167 Å². The molecule has 1 aliphatic rings. The number of pyridine rings is 1. The van der Waals surface area contributed by atoms with E-state index < -0.39 is 0 Å². The summed E-state index contributed by atoms with van der Waals surface area (Å²) in [5.41, 5.74) is 2.25. The van der Waals surface area contributed by atoms with E-state index in [0.717, 1.165) is 16.9 Å². The molecule has 0 fully saturated rings. The topological polar surface area (TPSA) is 95.5 Å². The highest BCUT2D eigenvalue weighted by atomic mass is 16.5. The van der Waals surface area contributed by atoms with Crippen LogP contribution in [-0.4, -0.2) is 47.7 Å². The van der Waals surface area contributed by atoms with E-state index in [0.29, 0.717) is 30.2 Å². The molecule has 0 bridgehead atoms. The monoisotopic (exact) mass is 392 g/mol. The van der Waals surface area contributed by atoms with Gasteiger partial charge in [-0.15, -0.1) is 0 Å². The first-order chi connectivity index (χ1) is 14.2. The average molecular weight is 392 g/mol. The summed E-state index contributed by atoms with van der Waals surface area (Å²) < 4.78 is 16.4. The SMILES string of the molecule is COc1ccc(C(=O)NCC2Cc3cccc(-c4ncccn4)c3O2)c(OC)n1. The number of ether oxygens (including phenoxy) is 3. The van der Waals surface area contributed by atoms with Crippen LogP contribution in [0.4, 0.5) is 0 Å². The number of carbonyl (C=O) groups is 1. The summed E-state index contributed by atoms with van der Waals surface area (Å²) in [6.07, 6.45) is 3.90. The molecule has 1 aromatic carbocycles. The largest absolute Gasteiger partial charge is 0.487 e. The minimum Gasteiger partial charge on any atom is -0.487 e. The van der Waals surface area contributed by atoms with Crippen molar-refractivity contribution in [2.24, 2.45) is 0 Å². The van der Waals surface area contributed by atoms with E-state index in [1.807, 2.05) is 18.2 Å². The summed E-state index contributed by atoms with van der Waals surface area (Å²) in [7, 11) is 2.97. The van der Waals surface area contributed by atoms with E-state index in [-0.39, 0.29) is 17.9 Å². The smallest absolute Gasteiger partial charge is 0.256 e. The van der Waals surface area contributed by atoms with Crippen molar-refractivity contribution in [1.29, 1.82) is 0 Å². The highest BCUT2D eigenvalue weighted by molar-refractivity contribution is 5.96. The predicted molar refractivity (Wildman–Crippen MR) is 105 cm³/mol. The van der Waals surface area contributed by atoms with Gasteiger partial charge in [0, 0.05) is 24.9 Å². The minimum absolute atomic E-state index is 0.184. The zero-order valence-electron chi connectivity index (χ0n) is 16.1. The van der Waals surface area contributed by atoms with Gasteiger partial charge in [0.2, 0.25) is 11.8 Å². The number of hydrogen-bond donors (Lipinski definition) is 1. The van der Waals surface area contributed by atoms with Crippen LogP contribution in [0.1, 0.15) is 15.9 Å². The molecule has 3 aromatic rings. The summed E-state index contributed by atoms with van der Waals surface area (Å²) in [5.74, 6) is 1.68. The Hall–Kier alpha value is -3.68. The molecule has 2 aromatic heterocycles. The zero-order valence-corrected chi connectivity index (χ0v) is 16.1. The van der Waals surface area contributed by atoms with Crippen molar-refractivity contribution in [3.05, 3.63) is 59.9 Å². The van der Waals surface area contributed by atoms with Crippen LogP contribution in [0.5, 0.6) is 17.5 Å². The Bertz CT molecular complexity index is 1030. The summed E-state index contributed by atoms with van der Waals surface area (Å²) in [6.45, 7) is 0.345. The third kappa shape index (κ3) is 3.82. The van der Waals surface area contributed by atoms with Crippen LogP contribution in [0.3, 0.4) is 0 Å². The molecule has 1 N–H and O–H groups in total. The lowest BCUT2D eigenvalue weighted by Crippen LogP contribution is -2.34. The summed E-state index contributed by atoms with van der Waals surface area (Å²) >= 11 is 0. The van der Waals surface area contributed by atoms with Gasteiger partial charge in [0.15, 0.2) is 5.82 Å². The Balaban J connectivity index is 1.45. The molecule has 148 valence electrons. The molecule has 0 saturated heterocycles. The van der Waals surface area contributed by atoms with Gasteiger partial charge in [-0.3, -0.25) is 4.79 Å². The molecule has 0 saturated carbocycles. The molecule has 1 amide bonds. The van der Waals surface area contributed by atoms with E-state index in [9.17, 15) is 4.79 Å². The maximum absolute atomic E-state index is 12.6. The number of carbonyl (C=O) groups excluding carboxylic acids is 1. The molecule has 0 spiro atoms. The van der Waals surface area contributed by atoms with Crippen molar-refractivity contribution in [2.75, 3.05) is 20.8 Å². The number of methoxy groups -OCH3 is 2. The minimum atomic E-state index is -0.289. The lowest BCUT2D eigenvalue weighted by atomic mass is 10.1.